The summed E-state index contributed by atoms with van der Waals surface area (Å²) >= 11 is 12.0. The summed E-state index contributed by atoms with van der Waals surface area (Å²) in [5.41, 5.74) is 1.79. The van der Waals surface area contributed by atoms with Gasteiger partial charge in [0.1, 0.15) is 6.10 Å². The first kappa shape index (κ1) is 34.9. The summed E-state index contributed by atoms with van der Waals surface area (Å²) in [7, 11) is 0. The number of benzene rings is 1. The molecule has 0 radical (unpaired) electrons. The fourth-order valence-electron chi connectivity index (χ4n) is 11.7. The van der Waals surface area contributed by atoms with E-state index in [0.29, 0.717) is 47.8 Å². The molecule has 3 heterocycles. The number of hydrogen-bond donors (Lipinski definition) is 1. The second-order valence-electron chi connectivity index (χ2n) is 16.8. The van der Waals surface area contributed by atoms with E-state index in [1.54, 1.807) is 0 Å². The molecule has 3 saturated carbocycles. The number of ether oxygens (including phenoxy) is 3. The second-order valence-corrected chi connectivity index (χ2v) is 17.5. The Hall–Kier alpha value is -1.54. The molecule has 6 unspecified atom stereocenters. The molecule has 3 aliphatic heterocycles. The third-order valence-electron chi connectivity index (χ3n) is 14.2. The van der Waals surface area contributed by atoms with Gasteiger partial charge in [0.05, 0.1) is 19.1 Å². The van der Waals surface area contributed by atoms with Gasteiger partial charge in [-0.05, 0) is 105 Å². The summed E-state index contributed by atoms with van der Waals surface area (Å²) in [6, 6.07) is 8.07. The molecule has 7 nitrogen and oxygen atoms in total. The smallest absolute Gasteiger partial charge is 0.310 e. The number of rotatable bonds is 8. The lowest BCUT2D eigenvalue weighted by Gasteiger charge is -2.56. The number of nitrogens with zero attached hydrogens (tertiary/aromatic N) is 1. The van der Waals surface area contributed by atoms with Crippen LogP contribution in [0.25, 0.3) is 0 Å². The summed E-state index contributed by atoms with van der Waals surface area (Å²) in [6.45, 7) is 11.6. The van der Waals surface area contributed by atoms with Crippen molar-refractivity contribution >= 4 is 40.8 Å². The van der Waals surface area contributed by atoms with Crippen molar-refractivity contribution in [2.75, 3.05) is 36.4 Å². The third-order valence-corrected chi connectivity index (χ3v) is 14.6. The van der Waals surface area contributed by atoms with Crippen LogP contribution >= 0.6 is 23.2 Å². The van der Waals surface area contributed by atoms with Gasteiger partial charge < -0.3 is 24.4 Å². The van der Waals surface area contributed by atoms with Crippen LogP contribution in [0.4, 0.5) is 5.69 Å². The molecule has 9 heteroatoms. The Balaban J connectivity index is 0.994. The SMILES string of the molecule is CC1C2C(CC3C4CC[C@H]5C[C@@H](OC(=O)Cc6ccc(N(CCCl)CCCl)cc6)CC[C@]5(C)C4CC(=O)N[C@@]32C)O[C@]12CC[C@@H](C)CO2. The van der Waals surface area contributed by atoms with Crippen LogP contribution in [-0.2, 0) is 30.2 Å². The van der Waals surface area contributed by atoms with Gasteiger partial charge in [-0.3, -0.25) is 9.59 Å². The van der Waals surface area contributed by atoms with Crippen LogP contribution in [0.15, 0.2) is 24.3 Å². The highest BCUT2D eigenvalue weighted by molar-refractivity contribution is 6.18. The van der Waals surface area contributed by atoms with Crippen molar-refractivity contribution in [2.24, 2.45) is 46.8 Å². The Bertz CT molecular complexity index is 1330. The van der Waals surface area contributed by atoms with E-state index >= 15 is 0 Å². The zero-order valence-corrected chi connectivity index (χ0v) is 30.9. The van der Waals surface area contributed by atoms with E-state index in [1.807, 2.05) is 24.3 Å². The molecule has 48 heavy (non-hydrogen) atoms. The molecule has 3 aliphatic carbocycles. The molecule has 1 N–H and O–H groups in total. The molecule has 7 rings (SSSR count). The third kappa shape index (κ3) is 6.09. The molecule has 0 aromatic heterocycles. The first-order valence-corrected chi connectivity index (χ1v) is 19.8. The lowest BCUT2D eigenvalue weighted by atomic mass is 9.49. The van der Waals surface area contributed by atoms with Gasteiger partial charge in [-0.15, -0.1) is 23.2 Å². The molecule has 12 atom stereocenters. The lowest BCUT2D eigenvalue weighted by molar-refractivity contribution is -0.271. The average Bonchev–Trinajstić information content (AvgIpc) is 3.44. The number of hydrogen-bond acceptors (Lipinski definition) is 6. The van der Waals surface area contributed by atoms with Crippen molar-refractivity contribution in [3.05, 3.63) is 29.8 Å². The second kappa shape index (κ2) is 13.5. The number of alkyl halides is 2. The Morgan fingerprint density at radius 2 is 1.75 bits per heavy atom. The summed E-state index contributed by atoms with van der Waals surface area (Å²) in [5, 5.41) is 3.64. The van der Waals surface area contributed by atoms with Crippen LogP contribution in [0.1, 0.15) is 91.0 Å². The zero-order valence-electron chi connectivity index (χ0n) is 29.4. The highest BCUT2D eigenvalue weighted by Crippen LogP contribution is 2.65. The average molecular weight is 704 g/mol. The molecule has 1 amide bonds. The predicted octanol–water partition coefficient (Wildman–Crippen LogP) is 7.35. The van der Waals surface area contributed by atoms with Gasteiger partial charge in [0, 0.05) is 60.8 Å². The molecule has 1 spiro atoms. The largest absolute Gasteiger partial charge is 0.462 e. The summed E-state index contributed by atoms with van der Waals surface area (Å²) in [6.07, 6.45) is 9.04. The number of carbonyl (C=O) groups is 2. The van der Waals surface area contributed by atoms with E-state index in [9.17, 15) is 9.59 Å². The van der Waals surface area contributed by atoms with Gasteiger partial charge in [-0.25, -0.2) is 0 Å². The van der Waals surface area contributed by atoms with Crippen molar-refractivity contribution in [3.63, 3.8) is 0 Å². The van der Waals surface area contributed by atoms with Gasteiger partial charge >= 0.3 is 5.97 Å². The lowest BCUT2D eigenvalue weighted by Crippen LogP contribution is -2.57. The standard InChI is InChI=1S/C39H56Cl2N2O5/c1-24-11-14-39(46-23-24)25(2)36-33(48-39)21-32-30-10-7-27-20-29(12-13-37(27,3)31(30)22-34(44)42-38(32,36)4)47-35(45)19-26-5-8-28(9-6-26)43(17-15-40)18-16-41/h5-6,8-9,24-25,27,29-33,36H,7,10-23H2,1-4H3,(H,42,44)/t24-,25?,27+,29+,30?,31?,32?,33?,36?,37+,38+,39-/m1/s1. The summed E-state index contributed by atoms with van der Waals surface area (Å²) in [5.74, 6) is 3.40. The molecule has 0 bridgehead atoms. The van der Waals surface area contributed by atoms with Gasteiger partial charge in [-0.1, -0.05) is 32.9 Å². The van der Waals surface area contributed by atoms with Gasteiger partial charge in [0.15, 0.2) is 5.79 Å². The van der Waals surface area contributed by atoms with Gasteiger partial charge in [0.2, 0.25) is 5.91 Å². The molecule has 266 valence electrons. The minimum absolute atomic E-state index is 0.0614. The highest BCUT2D eigenvalue weighted by Gasteiger charge is 2.69. The van der Waals surface area contributed by atoms with Crippen LogP contribution in [-0.4, -0.2) is 66.9 Å². The fourth-order valence-corrected chi connectivity index (χ4v) is 12.1. The van der Waals surface area contributed by atoms with E-state index in [-0.39, 0.29) is 53.3 Å². The number of halogens is 2. The monoisotopic (exact) mass is 702 g/mol. The Morgan fingerprint density at radius 3 is 2.44 bits per heavy atom. The van der Waals surface area contributed by atoms with E-state index in [4.69, 9.17) is 37.4 Å². The first-order valence-electron chi connectivity index (χ1n) is 18.8. The summed E-state index contributed by atoms with van der Waals surface area (Å²) < 4.78 is 19.5. The van der Waals surface area contributed by atoms with Gasteiger partial charge in [0.25, 0.3) is 0 Å². The molecule has 6 fully saturated rings. The fraction of sp³-hybridized carbons (Fsp3) is 0.795. The quantitative estimate of drug-likeness (QED) is 0.226. The van der Waals surface area contributed by atoms with Crippen molar-refractivity contribution < 1.29 is 23.8 Å². The van der Waals surface area contributed by atoms with Gasteiger partial charge in [-0.2, -0.15) is 0 Å². The van der Waals surface area contributed by atoms with Crippen LogP contribution < -0.4 is 10.2 Å². The maximum absolute atomic E-state index is 13.8. The number of esters is 1. The maximum Gasteiger partial charge on any atom is 0.310 e. The van der Waals surface area contributed by atoms with Crippen LogP contribution in [0.2, 0.25) is 0 Å². The molecule has 6 aliphatic rings. The topological polar surface area (TPSA) is 77.1 Å². The molecule has 3 saturated heterocycles. The predicted molar refractivity (Wildman–Crippen MR) is 189 cm³/mol. The molecular weight excluding hydrogens is 647 g/mol. The van der Waals surface area contributed by atoms with E-state index in [0.717, 1.165) is 82.3 Å². The Morgan fingerprint density at radius 1 is 1.00 bits per heavy atom. The molecule has 1 aromatic carbocycles. The molecule has 1 aromatic rings. The minimum Gasteiger partial charge on any atom is -0.462 e. The van der Waals surface area contributed by atoms with Crippen molar-refractivity contribution in [2.45, 2.75) is 115 Å². The van der Waals surface area contributed by atoms with E-state index < -0.39 is 5.79 Å². The van der Waals surface area contributed by atoms with Crippen molar-refractivity contribution in [1.82, 2.24) is 5.32 Å². The van der Waals surface area contributed by atoms with E-state index in [2.05, 4.69) is 37.9 Å². The number of nitrogens with one attached hydrogen (secondary N) is 1. The first-order chi connectivity index (χ1) is 23.0. The number of fused-ring (bicyclic) bond motifs is 7. The normalized spacial score (nSPS) is 43.4. The van der Waals surface area contributed by atoms with Crippen LogP contribution in [0.5, 0.6) is 0 Å². The Kier molecular flexibility index (Phi) is 9.84. The highest BCUT2D eigenvalue weighted by atomic mass is 35.5. The number of carbonyl (C=O) groups excluding carboxylic acids is 2. The van der Waals surface area contributed by atoms with E-state index in [1.165, 1.54) is 0 Å². The minimum atomic E-state index is -0.495. The van der Waals surface area contributed by atoms with Crippen LogP contribution in [0.3, 0.4) is 0 Å². The van der Waals surface area contributed by atoms with Crippen molar-refractivity contribution in [1.29, 1.82) is 0 Å². The molecular formula is C39H56Cl2N2O5. The number of amides is 1. The summed E-state index contributed by atoms with van der Waals surface area (Å²) in [4.78, 5) is 29.1. The zero-order chi connectivity index (χ0) is 33.8. The van der Waals surface area contributed by atoms with Crippen LogP contribution in [0, 0.1) is 46.8 Å². The Labute approximate surface area is 297 Å². The number of anilines is 1. The van der Waals surface area contributed by atoms with Crippen molar-refractivity contribution in [3.8, 4) is 0 Å². The maximum atomic E-state index is 13.8.